The number of carboxylic acids is 1. The first-order valence-electron chi connectivity index (χ1n) is 5.89. The molecule has 20 heavy (non-hydrogen) atoms. The van der Waals surface area contributed by atoms with Crippen LogP contribution >= 0.6 is 11.8 Å². The summed E-state index contributed by atoms with van der Waals surface area (Å²) in [5.41, 5.74) is 0. The van der Waals surface area contributed by atoms with Gasteiger partial charge in [0.1, 0.15) is 11.3 Å². The molecule has 0 spiro atoms. The smallest absolute Gasteiger partial charge is 0.401 e. The van der Waals surface area contributed by atoms with Crippen molar-refractivity contribution in [2.45, 2.75) is 43.7 Å². The molecular weight excluding hydrogens is 299 g/mol. The number of rotatable bonds is 4. The van der Waals surface area contributed by atoms with E-state index in [4.69, 9.17) is 5.11 Å². The van der Waals surface area contributed by atoms with Crippen LogP contribution < -0.4 is 0 Å². The summed E-state index contributed by atoms with van der Waals surface area (Å²) in [6, 6.07) is -1.07. The maximum Gasteiger partial charge on any atom is 0.401 e. The first kappa shape index (κ1) is 16.8. The number of carbonyl (C=O) groups excluding carboxylic acids is 2. The molecular formula is C11H14F3NO4S. The van der Waals surface area contributed by atoms with Crippen LogP contribution in [0.4, 0.5) is 13.2 Å². The Bertz CT molecular complexity index is 413. The van der Waals surface area contributed by atoms with Crippen LogP contribution in [0.1, 0.15) is 26.2 Å². The molecule has 1 N–H and O–H groups in total. The van der Waals surface area contributed by atoms with Crippen LogP contribution in [0.3, 0.4) is 0 Å². The largest absolute Gasteiger partial charge is 0.480 e. The van der Waals surface area contributed by atoms with E-state index in [1.807, 2.05) is 0 Å². The van der Waals surface area contributed by atoms with Gasteiger partial charge in [-0.3, -0.25) is 9.59 Å². The monoisotopic (exact) mass is 313 g/mol. The van der Waals surface area contributed by atoms with Gasteiger partial charge in [0.05, 0.1) is 0 Å². The first-order valence-corrected chi connectivity index (χ1v) is 6.77. The average Bonchev–Trinajstić information content (AvgIpc) is 2.74. The highest BCUT2D eigenvalue weighted by Crippen LogP contribution is 2.34. The summed E-state index contributed by atoms with van der Waals surface area (Å²) in [4.78, 5) is 34.5. The molecule has 0 aliphatic carbocycles. The lowest BCUT2D eigenvalue weighted by Gasteiger charge is -2.24. The van der Waals surface area contributed by atoms with Gasteiger partial charge in [0.15, 0.2) is 5.12 Å². The van der Waals surface area contributed by atoms with Gasteiger partial charge in [0.2, 0.25) is 5.91 Å². The highest BCUT2D eigenvalue weighted by Gasteiger charge is 2.44. The van der Waals surface area contributed by atoms with E-state index >= 15 is 0 Å². The molecule has 0 saturated carbocycles. The number of carboxylic acid groups (broad SMARTS) is 1. The molecule has 1 unspecified atom stereocenters. The molecule has 0 aromatic heterocycles. The fraction of sp³-hybridized carbons (Fsp3) is 0.727. The minimum absolute atomic E-state index is 0.0444. The average molecular weight is 313 g/mol. The third-order valence-corrected chi connectivity index (χ3v) is 3.94. The van der Waals surface area contributed by atoms with Crippen molar-refractivity contribution in [2.24, 2.45) is 0 Å². The molecule has 1 amide bonds. The number of aliphatic carboxylic acids is 1. The van der Waals surface area contributed by atoms with Crippen LogP contribution in [0.15, 0.2) is 0 Å². The zero-order valence-electron chi connectivity index (χ0n) is 10.6. The van der Waals surface area contributed by atoms with Crippen LogP contribution in [-0.4, -0.2) is 51.0 Å². The zero-order valence-corrected chi connectivity index (χ0v) is 11.5. The predicted molar refractivity (Wildman–Crippen MR) is 65.1 cm³/mol. The Morgan fingerprint density at radius 2 is 2.00 bits per heavy atom. The van der Waals surface area contributed by atoms with E-state index in [0.717, 1.165) is 11.8 Å². The third kappa shape index (κ3) is 4.39. The van der Waals surface area contributed by atoms with Crippen LogP contribution in [-0.2, 0) is 14.4 Å². The van der Waals surface area contributed by atoms with Gasteiger partial charge in [-0.25, -0.2) is 4.79 Å². The number of likely N-dealkylation sites (tertiary alicyclic amines) is 1. The molecule has 1 heterocycles. The minimum Gasteiger partial charge on any atom is -0.480 e. The first-order chi connectivity index (χ1) is 9.12. The molecule has 9 heteroatoms. The Morgan fingerprint density at radius 1 is 1.40 bits per heavy atom. The highest BCUT2D eigenvalue weighted by molar-refractivity contribution is 8.14. The number of carbonyl (C=O) groups is 3. The normalized spacial score (nSPS) is 20.8. The number of halogens is 3. The number of alkyl halides is 3. The van der Waals surface area contributed by atoms with Crippen molar-refractivity contribution in [1.82, 2.24) is 4.90 Å². The van der Waals surface area contributed by atoms with E-state index in [9.17, 15) is 27.6 Å². The van der Waals surface area contributed by atoms with Gasteiger partial charge in [-0.15, -0.1) is 0 Å². The molecule has 1 saturated heterocycles. The van der Waals surface area contributed by atoms with Crippen molar-refractivity contribution in [3.05, 3.63) is 0 Å². The topological polar surface area (TPSA) is 74.7 Å². The van der Waals surface area contributed by atoms with Crippen LogP contribution in [0.5, 0.6) is 0 Å². The maximum atomic E-state index is 12.7. The van der Waals surface area contributed by atoms with Crippen LogP contribution in [0, 0.1) is 0 Å². The van der Waals surface area contributed by atoms with Gasteiger partial charge in [-0.1, -0.05) is 11.8 Å². The Labute approximate surface area is 117 Å². The lowest BCUT2D eigenvalue weighted by molar-refractivity contribution is -0.152. The molecule has 0 aromatic rings. The second kappa shape index (κ2) is 6.47. The van der Waals surface area contributed by atoms with Gasteiger partial charge >= 0.3 is 12.1 Å². The maximum absolute atomic E-state index is 12.7. The Kier molecular flexibility index (Phi) is 5.43. The van der Waals surface area contributed by atoms with E-state index in [-0.39, 0.29) is 24.7 Å². The summed E-state index contributed by atoms with van der Waals surface area (Å²) in [5.74, 6) is -2.11. The molecule has 0 aromatic carbocycles. The van der Waals surface area contributed by atoms with Gasteiger partial charge in [0, 0.05) is 19.9 Å². The third-order valence-electron chi connectivity index (χ3n) is 2.89. The molecule has 1 aliphatic heterocycles. The Hall–Kier alpha value is -1.25. The van der Waals surface area contributed by atoms with E-state index in [2.05, 4.69) is 0 Å². The molecule has 2 atom stereocenters. The van der Waals surface area contributed by atoms with Gasteiger partial charge in [0.25, 0.3) is 0 Å². The molecule has 1 aliphatic rings. The lowest BCUT2D eigenvalue weighted by atomic mass is 10.2. The highest BCUT2D eigenvalue weighted by atomic mass is 32.2. The number of hydrogen-bond acceptors (Lipinski definition) is 4. The quantitative estimate of drug-likeness (QED) is 0.854. The van der Waals surface area contributed by atoms with Gasteiger partial charge in [-0.05, 0) is 12.8 Å². The number of hydrogen-bond donors (Lipinski definition) is 1. The molecule has 114 valence electrons. The predicted octanol–water partition coefficient (Wildman–Crippen LogP) is 1.66. The molecule has 0 radical (unpaired) electrons. The van der Waals surface area contributed by atoms with Crippen molar-refractivity contribution < 1.29 is 32.7 Å². The van der Waals surface area contributed by atoms with Crippen molar-refractivity contribution in [1.29, 1.82) is 0 Å². The summed E-state index contributed by atoms with van der Waals surface area (Å²) in [7, 11) is 0. The fourth-order valence-electron chi connectivity index (χ4n) is 2.02. The van der Waals surface area contributed by atoms with E-state index in [0.29, 0.717) is 6.42 Å². The summed E-state index contributed by atoms with van der Waals surface area (Å²) >= 11 is 0.0444. The van der Waals surface area contributed by atoms with E-state index in [1.165, 1.54) is 0 Å². The van der Waals surface area contributed by atoms with E-state index < -0.39 is 40.9 Å². The van der Waals surface area contributed by atoms with Crippen molar-refractivity contribution in [3.8, 4) is 0 Å². The standard InChI is InChI=1S/C11H14F3NO4S/c1-6(16)20-8(11(12,13)14)5-9(17)15-4-2-3-7(15)10(18)19/h7-8H,2-5H2,1H3,(H,18,19)/t7-,8?/m0/s1. The fourth-order valence-corrected chi connectivity index (χ4v) is 2.78. The zero-order chi connectivity index (χ0) is 15.5. The number of nitrogens with zero attached hydrogens (tertiary/aromatic N) is 1. The molecule has 1 rings (SSSR count). The van der Waals surface area contributed by atoms with Crippen molar-refractivity contribution in [2.75, 3.05) is 6.54 Å². The molecule has 5 nitrogen and oxygen atoms in total. The van der Waals surface area contributed by atoms with Crippen LogP contribution in [0.2, 0.25) is 0 Å². The SMILES string of the molecule is CC(=O)SC(CC(=O)N1CCC[C@H]1C(=O)O)C(F)(F)F. The minimum atomic E-state index is -4.69. The number of thioether (sulfide) groups is 1. The van der Waals surface area contributed by atoms with Crippen LogP contribution in [0.25, 0.3) is 0 Å². The molecule has 0 bridgehead atoms. The summed E-state index contributed by atoms with van der Waals surface area (Å²) in [6.45, 7) is 1.12. The summed E-state index contributed by atoms with van der Waals surface area (Å²) in [5, 5.41) is 6.02. The summed E-state index contributed by atoms with van der Waals surface area (Å²) < 4.78 is 38.2. The van der Waals surface area contributed by atoms with Gasteiger partial charge in [-0.2, -0.15) is 13.2 Å². The second-order valence-corrected chi connectivity index (χ2v) is 5.81. The van der Waals surface area contributed by atoms with Gasteiger partial charge < -0.3 is 10.0 Å². The second-order valence-electron chi connectivity index (χ2n) is 4.43. The van der Waals surface area contributed by atoms with E-state index in [1.54, 1.807) is 0 Å². The Balaban J connectivity index is 2.75. The number of amides is 1. The summed E-state index contributed by atoms with van der Waals surface area (Å²) in [6.07, 6.45) is -4.93. The van der Waals surface area contributed by atoms with Crippen molar-refractivity contribution >= 4 is 28.8 Å². The molecule has 1 fully saturated rings. The Morgan fingerprint density at radius 3 is 2.45 bits per heavy atom. The van der Waals surface area contributed by atoms with Crippen molar-refractivity contribution in [3.63, 3.8) is 0 Å². The lowest BCUT2D eigenvalue weighted by Crippen LogP contribution is -2.43.